The van der Waals surface area contributed by atoms with Gasteiger partial charge in [-0.05, 0) is 41.9 Å². The molecule has 1 aromatic carbocycles. The van der Waals surface area contributed by atoms with Gasteiger partial charge in [-0.3, -0.25) is 14.4 Å². The van der Waals surface area contributed by atoms with E-state index >= 15 is 0 Å². The average molecular weight is 534 g/mol. The van der Waals surface area contributed by atoms with Crippen LogP contribution in [0.15, 0.2) is 30.5 Å². The molecule has 0 radical (unpaired) electrons. The van der Waals surface area contributed by atoms with E-state index in [0.717, 1.165) is 16.5 Å². The summed E-state index contributed by atoms with van der Waals surface area (Å²) >= 11 is 1.50. The highest BCUT2D eigenvalue weighted by Gasteiger charge is 2.32. The van der Waals surface area contributed by atoms with E-state index in [-0.39, 0.29) is 18.3 Å². The first-order valence-electron chi connectivity index (χ1n) is 12.4. The normalized spacial score (nSPS) is 14.7. The minimum Gasteiger partial charge on any atom is -0.480 e. The van der Waals surface area contributed by atoms with Crippen molar-refractivity contribution in [3.8, 4) is 0 Å². The number of carbonyl (C=O) groups is 4. The molecule has 0 saturated heterocycles. The lowest BCUT2D eigenvalue weighted by Gasteiger charge is -2.26. The van der Waals surface area contributed by atoms with Gasteiger partial charge in [-0.2, -0.15) is 11.8 Å². The van der Waals surface area contributed by atoms with Gasteiger partial charge in [0.2, 0.25) is 17.7 Å². The van der Waals surface area contributed by atoms with Gasteiger partial charge in [-0.15, -0.1) is 0 Å². The van der Waals surface area contributed by atoms with Crippen molar-refractivity contribution in [2.45, 2.75) is 64.7 Å². The van der Waals surface area contributed by atoms with Crippen molar-refractivity contribution in [1.82, 2.24) is 20.9 Å². The third-order valence-corrected chi connectivity index (χ3v) is 6.87. The average Bonchev–Trinajstić information content (AvgIpc) is 3.25. The Morgan fingerprint density at radius 2 is 1.57 bits per heavy atom. The maximum Gasteiger partial charge on any atom is 0.326 e. The van der Waals surface area contributed by atoms with E-state index in [2.05, 4.69) is 20.9 Å². The molecule has 3 amide bonds. The lowest BCUT2D eigenvalue weighted by molar-refractivity contribution is -0.143. The molecule has 2 rings (SSSR count). The van der Waals surface area contributed by atoms with Crippen LogP contribution in [-0.2, 0) is 25.6 Å². The molecule has 1 heterocycles. The molecule has 4 atom stereocenters. The van der Waals surface area contributed by atoms with Gasteiger partial charge >= 0.3 is 5.97 Å². The first kappa shape index (κ1) is 30.2. The zero-order valence-corrected chi connectivity index (χ0v) is 22.9. The number of nitrogens with two attached hydrogens (primary N) is 1. The Hall–Kier alpha value is -3.05. The van der Waals surface area contributed by atoms with Crippen LogP contribution in [-0.4, -0.2) is 70.0 Å². The number of carboxylic acid groups (broad SMARTS) is 1. The standard InChI is InChI=1S/C26H39N5O5S/c1-14(2)21(27)25(34)30-20(12-16-13-28-18-9-7-6-8-17(16)18)24(33)29-19(10-11-37-5)23(32)31-22(15(3)4)26(35)36/h6-9,13-15,19-22,28H,10-12,27H2,1-5H3,(H,29,33)(H,30,34)(H,31,32)(H,35,36). The summed E-state index contributed by atoms with van der Waals surface area (Å²) in [5.74, 6) is -2.66. The van der Waals surface area contributed by atoms with Crippen LogP contribution in [0, 0.1) is 11.8 Å². The van der Waals surface area contributed by atoms with Crippen LogP contribution in [0.5, 0.6) is 0 Å². The molecule has 1 aromatic heterocycles. The molecule has 204 valence electrons. The monoisotopic (exact) mass is 533 g/mol. The number of aliphatic carboxylic acids is 1. The quantitative estimate of drug-likeness (QED) is 0.215. The van der Waals surface area contributed by atoms with Gasteiger partial charge in [0.05, 0.1) is 6.04 Å². The first-order chi connectivity index (χ1) is 17.5. The summed E-state index contributed by atoms with van der Waals surface area (Å²) in [4.78, 5) is 54.1. The number of hydrogen-bond acceptors (Lipinski definition) is 6. The number of benzene rings is 1. The lowest BCUT2D eigenvalue weighted by Crippen LogP contribution is -2.58. The van der Waals surface area contributed by atoms with Gasteiger partial charge in [0.15, 0.2) is 0 Å². The summed E-state index contributed by atoms with van der Waals surface area (Å²) in [5.41, 5.74) is 7.75. The first-order valence-corrected chi connectivity index (χ1v) is 13.8. The van der Waals surface area contributed by atoms with Gasteiger partial charge in [0.25, 0.3) is 0 Å². The number of aromatic nitrogens is 1. The SMILES string of the molecule is CSCCC(NC(=O)C(Cc1c[nH]c2ccccc12)NC(=O)C(N)C(C)C)C(=O)NC(C(=O)O)C(C)C. The van der Waals surface area contributed by atoms with Crippen molar-refractivity contribution in [1.29, 1.82) is 0 Å². The predicted molar refractivity (Wildman–Crippen MR) is 146 cm³/mol. The fourth-order valence-electron chi connectivity index (χ4n) is 3.84. The van der Waals surface area contributed by atoms with Gasteiger partial charge < -0.3 is 31.8 Å². The topological polar surface area (TPSA) is 166 Å². The molecule has 7 N–H and O–H groups in total. The van der Waals surface area contributed by atoms with Crippen molar-refractivity contribution in [3.63, 3.8) is 0 Å². The summed E-state index contributed by atoms with van der Waals surface area (Å²) in [6.07, 6.45) is 4.13. The van der Waals surface area contributed by atoms with Crippen LogP contribution in [0.3, 0.4) is 0 Å². The summed E-state index contributed by atoms with van der Waals surface area (Å²) < 4.78 is 0. The Morgan fingerprint density at radius 1 is 0.946 bits per heavy atom. The second-order valence-corrected chi connectivity index (χ2v) is 10.8. The molecule has 0 aliphatic heterocycles. The number of nitrogens with one attached hydrogen (secondary N) is 4. The summed E-state index contributed by atoms with van der Waals surface area (Å²) in [5, 5.41) is 18.4. The minimum absolute atomic E-state index is 0.138. The molecule has 0 aliphatic rings. The maximum atomic E-state index is 13.5. The number of hydrogen-bond donors (Lipinski definition) is 6. The van der Waals surface area contributed by atoms with Gasteiger partial charge in [-0.1, -0.05) is 45.9 Å². The van der Waals surface area contributed by atoms with Crippen LogP contribution in [0.4, 0.5) is 0 Å². The molecule has 11 heteroatoms. The number of H-pyrrole nitrogens is 1. The summed E-state index contributed by atoms with van der Waals surface area (Å²) in [6, 6.07) is 3.75. The molecular weight excluding hydrogens is 494 g/mol. The highest BCUT2D eigenvalue weighted by atomic mass is 32.2. The van der Waals surface area contributed by atoms with Crippen LogP contribution in [0.25, 0.3) is 10.9 Å². The van der Waals surface area contributed by atoms with Crippen LogP contribution in [0.1, 0.15) is 39.7 Å². The third-order valence-electron chi connectivity index (χ3n) is 6.23. The smallest absolute Gasteiger partial charge is 0.326 e. The summed E-state index contributed by atoms with van der Waals surface area (Å²) in [6.45, 7) is 7.02. The van der Waals surface area contributed by atoms with Crippen LogP contribution in [0.2, 0.25) is 0 Å². The Labute approximate surface area is 221 Å². The number of aromatic amines is 1. The molecule has 0 fully saturated rings. The van der Waals surface area contributed by atoms with Crippen LogP contribution < -0.4 is 21.7 Å². The van der Waals surface area contributed by atoms with E-state index in [1.165, 1.54) is 11.8 Å². The molecule has 2 aromatic rings. The van der Waals surface area contributed by atoms with Crippen molar-refractivity contribution >= 4 is 46.4 Å². The summed E-state index contributed by atoms with van der Waals surface area (Å²) in [7, 11) is 0. The number of carbonyl (C=O) groups excluding carboxylic acids is 3. The number of rotatable bonds is 14. The molecule has 4 unspecified atom stereocenters. The Kier molecular flexibility index (Phi) is 11.4. The van der Waals surface area contributed by atoms with Gasteiger partial charge in [0.1, 0.15) is 18.1 Å². The highest BCUT2D eigenvalue weighted by molar-refractivity contribution is 7.98. The predicted octanol–water partition coefficient (Wildman–Crippen LogP) is 1.64. The second kappa shape index (κ2) is 14.0. The lowest BCUT2D eigenvalue weighted by atomic mass is 10.0. The van der Waals surface area contributed by atoms with Gasteiger partial charge in [-0.25, -0.2) is 4.79 Å². The Morgan fingerprint density at radius 3 is 2.16 bits per heavy atom. The van der Waals surface area contributed by atoms with E-state index in [4.69, 9.17) is 5.73 Å². The largest absolute Gasteiger partial charge is 0.480 e. The van der Waals surface area contributed by atoms with Crippen molar-refractivity contribution < 1.29 is 24.3 Å². The van der Waals surface area contributed by atoms with Crippen molar-refractivity contribution in [2.75, 3.05) is 12.0 Å². The van der Waals surface area contributed by atoms with Crippen molar-refractivity contribution in [3.05, 3.63) is 36.0 Å². The second-order valence-electron chi connectivity index (χ2n) is 9.81. The van der Waals surface area contributed by atoms with E-state index in [1.807, 2.05) is 44.4 Å². The molecule has 0 saturated carbocycles. The zero-order chi connectivity index (χ0) is 27.7. The van der Waals surface area contributed by atoms with Crippen LogP contribution >= 0.6 is 11.8 Å². The van der Waals surface area contributed by atoms with E-state index < -0.39 is 47.9 Å². The van der Waals surface area contributed by atoms with Gasteiger partial charge in [0, 0.05) is 23.5 Å². The molecule has 0 bridgehead atoms. The fourth-order valence-corrected chi connectivity index (χ4v) is 4.32. The molecule has 10 nitrogen and oxygen atoms in total. The Balaban J connectivity index is 2.30. The van der Waals surface area contributed by atoms with Crippen molar-refractivity contribution in [2.24, 2.45) is 17.6 Å². The van der Waals surface area contributed by atoms with E-state index in [9.17, 15) is 24.3 Å². The van der Waals surface area contributed by atoms with E-state index in [1.54, 1.807) is 20.0 Å². The maximum absolute atomic E-state index is 13.5. The molecular formula is C26H39N5O5S. The number of carboxylic acids is 1. The Bertz CT molecular complexity index is 1090. The zero-order valence-electron chi connectivity index (χ0n) is 22.0. The highest BCUT2D eigenvalue weighted by Crippen LogP contribution is 2.19. The molecule has 0 spiro atoms. The number of amides is 3. The number of para-hydroxylation sites is 1. The number of fused-ring (bicyclic) bond motifs is 1. The fraction of sp³-hybridized carbons (Fsp3) is 0.538. The third kappa shape index (κ3) is 8.50. The molecule has 0 aliphatic carbocycles. The minimum atomic E-state index is -1.15. The molecule has 37 heavy (non-hydrogen) atoms. The number of thioether (sulfide) groups is 1. The van der Waals surface area contributed by atoms with E-state index in [0.29, 0.717) is 12.2 Å².